The summed E-state index contributed by atoms with van der Waals surface area (Å²) >= 11 is 0. The summed E-state index contributed by atoms with van der Waals surface area (Å²) in [6.07, 6.45) is 0. The zero-order valence-electron chi connectivity index (χ0n) is 8.42. The van der Waals surface area contributed by atoms with Gasteiger partial charge in [-0.25, -0.2) is 5.48 Å². The van der Waals surface area contributed by atoms with E-state index in [-0.39, 0.29) is 5.69 Å². The molecule has 0 saturated heterocycles. The second-order valence-corrected chi connectivity index (χ2v) is 11.2. The molecular weight excluding hydrogens is 310 g/mol. The fourth-order valence-corrected chi connectivity index (χ4v) is 4.37. The summed E-state index contributed by atoms with van der Waals surface area (Å²) < 4.78 is 76.8. The Labute approximate surface area is 102 Å². The van der Waals surface area contributed by atoms with Gasteiger partial charge in [0.15, 0.2) is 0 Å². The van der Waals surface area contributed by atoms with Gasteiger partial charge in [0.25, 0.3) is 0 Å². The molecule has 0 bridgehead atoms. The molecule has 1 rings (SSSR count). The summed E-state index contributed by atoms with van der Waals surface area (Å²) in [5, 5.41) is 0. The molecule has 0 atom stereocenters. The minimum absolute atomic E-state index is 0.0617. The largest absolute Gasteiger partial charge is 0.412 e. The van der Waals surface area contributed by atoms with Crippen LogP contribution < -0.4 is 5.48 Å². The van der Waals surface area contributed by atoms with Crippen LogP contribution in [-0.2, 0) is 30.5 Å². The molecule has 2 N–H and O–H groups in total. The van der Waals surface area contributed by atoms with Gasteiger partial charge < -0.3 is 0 Å². The molecule has 0 heterocycles. The van der Waals surface area contributed by atoms with Crippen molar-refractivity contribution in [1.29, 1.82) is 0 Å². The molecule has 1 aromatic carbocycles. The maximum atomic E-state index is 11.1. The van der Waals surface area contributed by atoms with Gasteiger partial charge in [0.1, 0.15) is 0 Å². The van der Waals surface area contributed by atoms with E-state index >= 15 is 0 Å². The second kappa shape index (κ2) is 4.81. The lowest BCUT2D eigenvalue weighted by atomic mass is 10.3. The molecule has 9 nitrogen and oxygen atoms in total. The molecular formula is C6H7NO8S3. The van der Waals surface area contributed by atoms with Gasteiger partial charge in [-0.05, 0) is 12.1 Å². The minimum atomic E-state index is -5.93. The van der Waals surface area contributed by atoms with Crippen molar-refractivity contribution in [2.45, 2.75) is 0 Å². The summed E-state index contributed by atoms with van der Waals surface area (Å²) in [5.74, 6) is 0. The molecule has 1 aromatic rings. The maximum absolute atomic E-state index is 11.1. The summed E-state index contributed by atoms with van der Waals surface area (Å²) in [6.45, 7) is 0. The molecule has 18 heavy (non-hydrogen) atoms. The van der Waals surface area contributed by atoms with Crippen molar-refractivity contribution in [3.63, 3.8) is 0 Å². The number of benzene rings is 1. The van der Waals surface area contributed by atoms with Crippen LogP contribution in [0.25, 0.3) is 0 Å². The predicted molar refractivity (Wildman–Crippen MR) is 60.5 cm³/mol. The lowest BCUT2D eigenvalue weighted by molar-refractivity contribution is 0.401. The molecule has 0 amide bonds. The first-order chi connectivity index (χ1) is 8.08. The monoisotopic (exact) mass is 317 g/mol. The molecule has 12 heteroatoms. The Morgan fingerprint density at radius 2 is 1.44 bits per heavy atom. The number of anilines is 1. The van der Waals surface area contributed by atoms with Gasteiger partial charge in [0, 0.05) is 0 Å². The van der Waals surface area contributed by atoms with Crippen LogP contribution in [-0.4, -0.2) is 29.8 Å². The molecule has 0 aromatic heterocycles. The van der Waals surface area contributed by atoms with Crippen molar-refractivity contribution in [3.05, 3.63) is 30.3 Å². The number of hydrogen-bond acceptors (Lipinski definition) is 8. The van der Waals surface area contributed by atoms with Crippen molar-refractivity contribution in [2.75, 3.05) is 5.48 Å². The quantitative estimate of drug-likeness (QED) is 0.416. The van der Waals surface area contributed by atoms with Gasteiger partial charge in [-0.2, -0.15) is 25.3 Å². The van der Waals surface area contributed by atoms with E-state index in [0.717, 1.165) is 0 Å². The summed E-state index contributed by atoms with van der Waals surface area (Å²) in [6, 6.07) is 7.21. The highest BCUT2D eigenvalue weighted by atomic mass is 33.6. The lowest BCUT2D eigenvalue weighted by Crippen LogP contribution is -2.27. The van der Waals surface area contributed by atoms with E-state index in [4.69, 9.17) is 4.55 Å². The number of para-hydroxylation sites is 1. The zero-order valence-corrected chi connectivity index (χ0v) is 10.9. The molecule has 0 aliphatic heterocycles. The van der Waals surface area contributed by atoms with Crippen molar-refractivity contribution >= 4 is 31.9 Å². The van der Waals surface area contributed by atoms with Crippen molar-refractivity contribution in [2.24, 2.45) is 0 Å². The second-order valence-electron chi connectivity index (χ2n) is 2.80. The molecule has 0 saturated carbocycles. The number of rotatable bonds is 5. The highest BCUT2D eigenvalue weighted by Crippen LogP contribution is 2.14. The zero-order chi connectivity index (χ0) is 14.0. The van der Waals surface area contributed by atoms with Gasteiger partial charge in [-0.1, -0.05) is 18.2 Å². The smallest absolute Gasteiger partial charge is 0.273 e. The van der Waals surface area contributed by atoms with Crippen LogP contribution >= 0.6 is 0 Å². The molecule has 0 fully saturated rings. The van der Waals surface area contributed by atoms with Gasteiger partial charge in [0.05, 0.1) is 5.69 Å². The molecule has 0 aliphatic carbocycles. The third-order valence-corrected chi connectivity index (χ3v) is 9.15. The van der Waals surface area contributed by atoms with E-state index in [0.29, 0.717) is 0 Å². The highest BCUT2D eigenvalue weighted by Gasteiger charge is 2.44. The molecule has 102 valence electrons. The average Bonchev–Trinajstić information content (AvgIpc) is 2.26. The minimum Gasteiger partial charge on any atom is -0.273 e. The van der Waals surface area contributed by atoms with Crippen molar-refractivity contribution < 1.29 is 34.1 Å². The van der Waals surface area contributed by atoms with Crippen LogP contribution in [0.5, 0.6) is 0 Å². The van der Waals surface area contributed by atoms with Crippen LogP contribution in [0.4, 0.5) is 5.69 Å². The third-order valence-electron chi connectivity index (χ3n) is 1.54. The first kappa shape index (κ1) is 14.8. The molecule has 0 spiro atoms. The Morgan fingerprint density at radius 1 is 0.944 bits per heavy atom. The van der Waals surface area contributed by atoms with E-state index in [2.05, 4.69) is 4.28 Å². The molecule has 0 unspecified atom stereocenters. The summed E-state index contributed by atoms with van der Waals surface area (Å²) in [7, 11) is -17.4. The Bertz CT molecular complexity index is 718. The normalized spacial score (nSPS) is 13.2. The maximum Gasteiger partial charge on any atom is 0.412 e. The predicted octanol–water partition coefficient (Wildman–Crippen LogP) is -0.507. The van der Waals surface area contributed by atoms with E-state index in [9.17, 15) is 25.3 Å². The summed E-state index contributed by atoms with van der Waals surface area (Å²) in [4.78, 5) is 0. The van der Waals surface area contributed by atoms with Crippen LogP contribution in [0.15, 0.2) is 30.3 Å². The third kappa shape index (κ3) is 2.97. The van der Waals surface area contributed by atoms with Gasteiger partial charge in [-0.15, -0.1) is 4.28 Å². The number of nitrogens with one attached hydrogen (secondary N) is 1. The van der Waals surface area contributed by atoms with E-state index in [1.54, 1.807) is 11.5 Å². The first-order valence-corrected chi connectivity index (χ1v) is 9.41. The van der Waals surface area contributed by atoms with Crippen LogP contribution in [0, 0.1) is 0 Å². The fourth-order valence-electron chi connectivity index (χ4n) is 0.752. The molecule has 0 aliphatic rings. The SMILES string of the molecule is O=S(=O)(O)S(=O)(=O)S(=O)(=O)ONc1ccccc1. The lowest BCUT2D eigenvalue weighted by Gasteiger charge is -2.05. The average molecular weight is 317 g/mol. The van der Waals surface area contributed by atoms with Crippen LogP contribution in [0.1, 0.15) is 0 Å². The van der Waals surface area contributed by atoms with E-state index in [1.165, 1.54) is 24.3 Å². The van der Waals surface area contributed by atoms with Crippen LogP contribution in [0.2, 0.25) is 0 Å². The van der Waals surface area contributed by atoms with E-state index in [1.807, 2.05) is 0 Å². The molecule has 0 radical (unpaired) electrons. The number of hydrogen-bond donors (Lipinski definition) is 2. The Morgan fingerprint density at radius 3 is 1.89 bits per heavy atom. The first-order valence-electron chi connectivity index (χ1n) is 4.05. The van der Waals surface area contributed by atoms with Crippen molar-refractivity contribution in [3.8, 4) is 0 Å². The van der Waals surface area contributed by atoms with Gasteiger partial charge >= 0.3 is 26.2 Å². The van der Waals surface area contributed by atoms with Gasteiger partial charge in [0.2, 0.25) is 0 Å². The Hall–Kier alpha value is -1.21. The van der Waals surface area contributed by atoms with Gasteiger partial charge in [-0.3, -0.25) is 4.55 Å². The summed E-state index contributed by atoms with van der Waals surface area (Å²) in [5.41, 5.74) is 1.78. The Kier molecular flexibility index (Phi) is 3.97. The fraction of sp³-hybridized carbons (Fsp3) is 0. The highest BCUT2D eigenvalue weighted by molar-refractivity contribution is 8.97. The standard InChI is InChI=1S/C6H7NO8S3/c8-16(9,10)18(13,14)17(11,12)15-7-6-4-2-1-3-5-6/h1-5,7H,(H,8,9,10). The van der Waals surface area contributed by atoms with Crippen LogP contribution in [0.3, 0.4) is 0 Å². The van der Waals surface area contributed by atoms with E-state index < -0.39 is 26.2 Å². The topological polar surface area (TPSA) is 144 Å². The Balaban J connectivity index is 2.99. The van der Waals surface area contributed by atoms with Crippen molar-refractivity contribution in [1.82, 2.24) is 0 Å².